The van der Waals surface area contributed by atoms with Crippen molar-refractivity contribution in [2.24, 2.45) is 0 Å². The Bertz CT molecular complexity index is 1300. The Hall–Kier alpha value is -3.59. The van der Waals surface area contributed by atoms with Crippen molar-refractivity contribution in [2.45, 2.75) is 50.7 Å². The number of carbonyl (C=O) groups is 1. The maximum Gasteiger partial charge on any atom is 0.222 e. The highest BCUT2D eigenvalue weighted by Gasteiger charge is 2.27. The van der Waals surface area contributed by atoms with Crippen molar-refractivity contribution < 1.29 is 28.5 Å². The summed E-state index contributed by atoms with van der Waals surface area (Å²) in [4.78, 5) is 13.9. The van der Waals surface area contributed by atoms with Gasteiger partial charge in [0.2, 0.25) is 5.91 Å². The van der Waals surface area contributed by atoms with Gasteiger partial charge in [0.15, 0.2) is 0 Å². The molecule has 2 fully saturated rings. The summed E-state index contributed by atoms with van der Waals surface area (Å²) in [6, 6.07) is 24.5. The van der Waals surface area contributed by atoms with Crippen molar-refractivity contribution in [2.75, 3.05) is 59.7 Å². The first-order chi connectivity index (χ1) is 21.7. The Morgan fingerprint density at radius 2 is 1.66 bits per heavy atom. The van der Waals surface area contributed by atoms with Crippen molar-refractivity contribution >= 4 is 5.91 Å². The van der Waals surface area contributed by atoms with Crippen LogP contribution in [0.4, 0.5) is 0 Å². The zero-order valence-electron chi connectivity index (χ0n) is 25.9. The number of amides is 1. The molecule has 0 aromatic heterocycles. The van der Waals surface area contributed by atoms with Crippen molar-refractivity contribution in [1.82, 2.24) is 10.2 Å². The summed E-state index contributed by atoms with van der Waals surface area (Å²) in [7, 11) is 1.68. The molecule has 8 nitrogen and oxygen atoms in total. The topological polar surface area (TPSA) is 78.5 Å². The third-order valence-corrected chi connectivity index (χ3v) is 8.35. The smallest absolute Gasteiger partial charge is 0.222 e. The first-order valence-corrected chi connectivity index (χ1v) is 15.9. The summed E-state index contributed by atoms with van der Waals surface area (Å²) >= 11 is 0. The molecule has 8 heteroatoms. The third kappa shape index (κ3) is 9.21. The number of para-hydroxylation sites is 2. The number of hydrogen-bond acceptors (Lipinski definition) is 7. The molecule has 2 aliphatic heterocycles. The molecule has 44 heavy (non-hydrogen) atoms. The minimum absolute atomic E-state index is 0.0796. The van der Waals surface area contributed by atoms with Crippen molar-refractivity contribution in [1.29, 1.82) is 0 Å². The van der Waals surface area contributed by atoms with E-state index in [-0.39, 0.29) is 12.0 Å². The molecule has 0 unspecified atom stereocenters. The maximum absolute atomic E-state index is 12.0. The summed E-state index contributed by atoms with van der Waals surface area (Å²) in [5.41, 5.74) is 3.45. The van der Waals surface area contributed by atoms with Gasteiger partial charge in [-0.2, -0.15) is 0 Å². The number of hydrogen-bond donors (Lipinski definition) is 1. The number of carbonyl (C=O) groups excluding carboxylic acids is 1. The highest BCUT2D eigenvalue weighted by atomic mass is 16.5. The molecule has 0 bridgehead atoms. The number of rotatable bonds is 17. The highest BCUT2D eigenvalue weighted by molar-refractivity contribution is 5.78. The number of ether oxygens (including phenoxy) is 5. The lowest BCUT2D eigenvalue weighted by molar-refractivity contribution is -0.127. The average Bonchev–Trinajstić information content (AvgIpc) is 3.49. The van der Waals surface area contributed by atoms with Gasteiger partial charge in [-0.05, 0) is 61.2 Å². The summed E-state index contributed by atoms with van der Waals surface area (Å²) in [5.74, 6) is 3.17. The highest BCUT2D eigenvalue weighted by Crippen LogP contribution is 2.29. The number of benzene rings is 3. The molecule has 2 aliphatic rings. The number of nitrogens with one attached hydrogen (secondary N) is 1. The lowest BCUT2D eigenvalue weighted by Crippen LogP contribution is -2.41. The Kier molecular flexibility index (Phi) is 12.3. The fourth-order valence-electron chi connectivity index (χ4n) is 5.95. The molecule has 2 saturated heterocycles. The van der Waals surface area contributed by atoms with Crippen LogP contribution in [0.3, 0.4) is 0 Å². The van der Waals surface area contributed by atoms with Gasteiger partial charge in [0.05, 0.1) is 39.6 Å². The van der Waals surface area contributed by atoms with E-state index in [1.807, 2.05) is 47.4 Å². The van der Waals surface area contributed by atoms with Gasteiger partial charge in [0.25, 0.3) is 0 Å². The van der Waals surface area contributed by atoms with Crippen LogP contribution in [-0.2, 0) is 27.3 Å². The van der Waals surface area contributed by atoms with Crippen LogP contribution < -0.4 is 19.5 Å². The Labute approximate surface area is 261 Å². The number of piperidine rings is 1. The van der Waals surface area contributed by atoms with Crippen LogP contribution >= 0.6 is 0 Å². The normalized spacial score (nSPS) is 18.4. The van der Waals surface area contributed by atoms with Crippen molar-refractivity contribution in [3.63, 3.8) is 0 Å². The molecular formula is C36H46N2O6. The molecule has 2 atom stereocenters. The molecule has 1 amide bonds. The van der Waals surface area contributed by atoms with Crippen LogP contribution in [0, 0.1) is 0 Å². The van der Waals surface area contributed by atoms with Gasteiger partial charge >= 0.3 is 0 Å². The SMILES string of the molecule is COc1ccccc1COCCCOc1ccc([C@H]2CCNC[C@@H]2OCCOc2ccccc2CCN2CCCC2=O)cc1. The van der Waals surface area contributed by atoms with E-state index >= 15 is 0 Å². The van der Waals surface area contributed by atoms with E-state index in [4.69, 9.17) is 23.7 Å². The van der Waals surface area contributed by atoms with Crippen molar-refractivity contribution in [3.05, 3.63) is 89.5 Å². The average molecular weight is 603 g/mol. The second kappa shape index (κ2) is 17.0. The van der Waals surface area contributed by atoms with Crippen LogP contribution in [0.25, 0.3) is 0 Å². The molecule has 0 spiro atoms. The summed E-state index contributed by atoms with van der Waals surface area (Å²) in [6.45, 7) is 6.15. The molecule has 2 heterocycles. The second-order valence-corrected chi connectivity index (χ2v) is 11.3. The number of methoxy groups -OCH3 is 1. The van der Waals surface area contributed by atoms with Gasteiger partial charge in [-0.1, -0.05) is 48.5 Å². The van der Waals surface area contributed by atoms with E-state index in [1.165, 1.54) is 5.56 Å². The van der Waals surface area contributed by atoms with Crippen LogP contribution in [0.2, 0.25) is 0 Å². The van der Waals surface area contributed by atoms with E-state index in [0.29, 0.717) is 45.4 Å². The predicted molar refractivity (Wildman–Crippen MR) is 171 cm³/mol. The number of nitrogens with zero attached hydrogens (tertiary/aromatic N) is 1. The molecule has 0 aliphatic carbocycles. The first kappa shape index (κ1) is 31.8. The summed E-state index contributed by atoms with van der Waals surface area (Å²) in [5, 5.41) is 3.48. The molecule has 1 N–H and O–H groups in total. The molecule has 3 aromatic carbocycles. The Morgan fingerprint density at radius 3 is 2.45 bits per heavy atom. The van der Waals surface area contributed by atoms with Crippen molar-refractivity contribution in [3.8, 4) is 17.2 Å². The van der Waals surface area contributed by atoms with Crippen LogP contribution in [0.5, 0.6) is 17.2 Å². The van der Waals surface area contributed by atoms with Gasteiger partial charge < -0.3 is 33.9 Å². The molecule has 0 radical (unpaired) electrons. The van der Waals surface area contributed by atoms with Gasteiger partial charge in [-0.3, -0.25) is 4.79 Å². The van der Waals surface area contributed by atoms with E-state index in [1.54, 1.807) is 7.11 Å². The quantitative estimate of drug-likeness (QED) is 0.208. The second-order valence-electron chi connectivity index (χ2n) is 11.3. The molecule has 5 rings (SSSR count). The minimum atomic E-state index is 0.0796. The summed E-state index contributed by atoms with van der Waals surface area (Å²) in [6.07, 6.45) is 4.35. The largest absolute Gasteiger partial charge is 0.496 e. The minimum Gasteiger partial charge on any atom is -0.496 e. The molecule has 236 valence electrons. The fourth-order valence-corrected chi connectivity index (χ4v) is 5.95. The van der Waals surface area contributed by atoms with E-state index in [2.05, 4.69) is 35.6 Å². The van der Waals surface area contributed by atoms with Crippen LogP contribution in [0.1, 0.15) is 48.3 Å². The summed E-state index contributed by atoms with van der Waals surface area (Å²) < 4.78 is 29.7. The van der Waals surface area contributed by atoms with Gasteiger partial charge in [-0.25, -0.2) is 0 Å². The lowest BCUT2D eigenvalue weighted by Gasteiger charge is -2.32. The van der Waals surface area contributed by atoms with Crippen LogP contribution in [-0.4, -0.2) is 76.6 Å². The van der Waals surface area contributed by atoms with E-state index in [0.717, 1.165) is 80.2 Å². The van der Waals surface area contributed by atoms with Crippen LogP contribution in [0.15, 0.2) is 72.8 Å². The first-order valence-electron chi connectivity index (χ1n) is 15.9. The zero-order chi connectivity index (χ0) is 30.4. The Morgan fingerprint density at radius 1 is 0.864 bits per heavy atom. The fraction of sp³-hybridized carbons (Fsp3) is 0.472. The standard InChI is InChI=1S/C36H46N2O6/c1-40-33-10-4-3-9-30(33)27-41-22-7-23-42-31-15-13-28(14-16-31)32-17-19-37-26-35(32)44-25-24-43-34-11-5-2-8-29(34)18-21-38-20-6-12-36(38)39/h2-5,8-11,13-16,32,35,37H,6-7,12,17-27H2,1H3/t32-,35+/m1/s1. The lowest BCUT2D eigenvalue weighted by atomic mass is 9.88. The van der Waals surface area contributed by atoms with E-state index in [9.17, 15) is 4.79 Å². The third-order valence-electron chi connectivity index (χ3n) is 8.35. The Balaban J connectivity index is 1.02. The zero-order valence-corrected chi connectivity index (χ0v) is 25.9. The number of likely N-dealkylation sites (tertiary alicyclic amines) is 1. The monoisotopic (exact) mass is 602 g/mol. The van der Waals surface area contributed by atoms with Gasteiger partial charge in [0.1, 0.15) is 23.9 Å². The molecule has 0 saturated carbocycles. The molecular weight excluding hydrogens is 556 g/mol. The molecule has 3 aromatic rings. The predicted octanol–water partition coefficient (Wildman–Crippen LogP) is 5.39. The maximum atomic E-state index is 12.0. The van der Waals surface area contributed by atoms with Gasteiger partial charge in [0, 0.05) is 44.0 Å². The van der Waals surface area contributed by atoms with Gasteiger partial charge in [-0.15, -0.1) is 0 Å². The van der Waals surface area contributed by atoms with E-state index < -0.39 is 0 Å².